The molecule has 0 fully saturated rings. The summed E-state index contributed by atoms with van der Waals surface area (Å²) in [7, 11) is 1.72. The van der Waals surface area contributed by atoms with Crippen molar-refractivity contribution in [3.63, 3.8) is 0 Å². The van der Waals surface area contributed by atoms with Crippen molar-refractivity contribution in [1.82, 2.24) is 10.3 Å². The van der Waals surface area contributed by atoms with Crippen molar-refractivity contribution < 1.29 is 4.74 Å². The van der Waals surface area contributed by atoms with E-state index < -0.39 is 0 Å². The number of nitrogens with one attached hydrogen (secondary N) is 2. The highest BCUT2D eigenvalue weighted by Crippen LogP contribution is 2.33. The van der Waals surface area contributed by atoms with Crippen LogP contribution in [0.3, 0.4) is 0 Å². The minimum atomic E-state index is 0.922. The summed E-state index contributed by atoms with van der Waals surface area (Å²) in [6.45, 7) is 4.13. The number of aryl methyl sites for hydroxylation is 1. The second-order valence-electron chi connectivity index (χ2n) is 4.78. The molecule has 0 saturated heterocycles. The lowest BCUT2D eigenvalue weighted by atomic mass is 9.99. The maximum absolute atomic E-state index is 5.45. The van der Waals surface area contributed by atoms with E-state index in [1.807, 2.05) is 0 Å². The normalized spacial score (nSPS) is 15.8. The second kappa shape index (κ2) is 4.50. The van der Waals surface area contributed by atoms with Gasteiger partial charge in [0.1, 0.15) is 5.75 Å². The number of rotatable bonds is 2. The topological polar surface area (TPSA) is 37.0 Å². The van der Waals surface area contributed by atoms with E-state index in [0.29, 0.717) is 0 Å². The standard InChI is InChI=1S/C15H18N2O/c1-10-7-12-13(11-3-5-16-6-4-11)9-17-15(12)14(8-10)18-2/h3,7-9,16-17H,4-6H2,1-2H3. The maximum atomic E-state index is 5.45. The van der Waals surface area contributed by atoms with Gasteiger partial charge in [0.2, 0.25) is 0 Å². The minimum Gasteiger partial charge on any atom is -0.495 e. The van der Waals surface area contributed by atoms with Crippen LogP contribution in [0.25, 0.3) is 16.5 Å². The van der Waals surface area contributed by atoms with E-state index in [-0.39, 0.29) is 0 Å². The molecule has 2 heterocycles. The van der Waals surface area contributed by atoms with Gasteiger partial charge in [0, 0.05) is 23.7 Å². The number of hydrogen-bond acceptors (Lipinski definition) is 2. The Morgan fingerprint density at radius 3 is 2.89 bits per heavy atom. The molecule has 1 aromatic heterocycles. The predicted octanol–water partition coefficient (Wildman–Crippen LogP) is 2.86. The number of aromatic nitrogens is 1. The molecule has 94 valence electrons. The molecule has 3 heteroatoms. The van der Waals surface area contributed by atoms with Crippen molar-refractivity contribution in [2.45, 2.75) is 13.3 Å². The van der Waals surface area contributed by atoms with Crippen LogP contribution in [0.15, 0.2) is 24.4 Å². The van der Waals surface area contributed by atoms with Crippen LogP contribution < -0.4 is 10.1 Å². The summed E-state index contributed by atoms with van der Waals surface area (Å²) in [6.07, 6.45) is 5.47. The number of hydrogen-bond donors (Lipinski definition) is 2. The highest BCUT2D eigenvalue weighted by Gasteiger charge is 2.13. The number of benzene rings is 1. The first-order valence-electron chi connectivity index (χ1n) is 6.35. The molecule has 0 radical (unpaired) electrons. The van der Waals surface area contributed by atoms with Gasteiger partial charge in [0.05, 0.1) is 12.6 Å². The molecular formula is C15H18N2O. The SMILES string of the molecule is COc1cc(C)cc2c(C3=CCNCC3)c[nH]c12. The third kappa shape index (κ3) is 1.81. The second-order valence-corrected chi connectivity index (χ2v) is 4.78. The van der Waals surface area contributed by atoms with Crippen molar-refractivity contribution in [1.29, 1.82) is 0 Å². The van der Waals surface area contributed by atoms with Crippen molar-refractivity contribution in [3.05, 3.63) is 35.5 Å². The van der Waals surface area contributed by atoms with Crippen LogP contribution in [0.4, 0.5) is 0 Å². The number of aromatic amines is 1. The third-order valence-corrected chi connectivity index (χ3v) is 3.53. The van der Waals surface area contributed by atoms with E-state index in [0.717, 1.165) is 30.8 Å². The first kappa shape index (κ1) is 11.4. The van der Waals surface area contributed by atoms with Gasteiger partial charge in [0.15, 0.2) is 0 Å². The van der Waals surface area contributed by atoms with Gasteiger partial charge in [-0.15, -0.1) is 0 Å². The van der Waals surface area contributed by atoms with Crippen LogP contribution in [-0.2, 0) is 0 Å². The molecule has 0 amide bonds. The lowest BCUT2D eigenvalue weighted by molar-refractivity contribution is 0.418. The molecule has 0 aliphatic carbocycles. The van der Waals surface area contributed by atoms with Crippen LogP contribution in [0.2, 0.25) is 0 Å². The summed E-state index contributed by atoms with van der Waals surface area (Å²) in [5, 5.41) is 4.61. The zero-order valence-corrected chi connectivity index (χ0v) is 10.8. The highest BCUT2D eigenvalue weighted by molar-refractivity contribution is 5.96. The lowest BCUT2D eigenvalue weighted by Gasteiger charge is -2.13. The van der Waals surface area contributed by atoms with Gasteiger partial charge in [-0.25, -0.2) is 0 Å². The van der Waals surface area contributed by atoms with Crippen molar-refractivity contribution in [3.8, 4) is 5.75 Å². The smallest absolute Gasteiger partial charge is 0.143 e. The number of methoxy groups -OCH3 is 1. The molecular weight excluding hydrogens is 224 g/mol. The average molecular weight is 242 g/mol. The third-order valence-electron chi connectivity index (χ3n) is 3.53. The molecule has 0 unspecified atom stereocenters. The summed E-state index contributed by atoms with van der Waals surface area (Å²) in [6, 6.07) is 4.30. The van der Waals surface area contributed by atoms with Crippen LogP contribution in [0.5, 0.6) is 5.75 Å². The van der Waals surface area contributed by atoms with E-state index in [2.05, 4.69) is 41.6 Å². The summed E-state index contributed by atoms with van der Waals surface area (Å²) in [5.74, 6) is 0.922. The summed E-state index contributed by atoms with van der Waals surface area (Å²) >= 11 is 0. The zero-order valence-electron chi connectivity index (χ0n) is 10.8. The fraction of sp³-hybridized carbons (Fsp3) is 0.333. The minimum absolute atomic E-state index is 0.922. The molecule has 1 aliphatic heterocycles. The molecule has 18 heavy (non-hydrogen) atoms. The number of fused-ring (bicyclic) bond motifs is 1. The Morgan fingerprint density at radius 2 is 2.17 bits per heavy atom. The largest absolute Gasteiger partial charge is 0.495 e. The highest BCUT2D eigenvalue weighted by atomic mass is 16.5. The molecule has 1 aromatic carbocycles. The summed E-state index contributed by atoms with van der Waals surface area (Å²) in [4.78, 5) is 3.35. The van der Waals surface area contributed by atoms with Crippen LogP contribution >= 0.6 is 0 Å². The van der Waals surface area contributed by atoms with Gasteiger partial charge in [-0.2, -0.15) is 0 Å². The van der Waals surface area contributed by atoms with E-state index in [4.69, 9.17) is 4.74 Å². The molecule has 1 aliphatic rings. The van der Waals surface area contributed by atoms with E-state index >= 15 is 0 Å². The Bertz CT molecular complexity index is 610. The summed E-state index contributed by atoms with van der Waals surface area (Å²) < 4.78 is 5.45. The zero-order chi connectivity index (χ0) is 12.5. The molecule has 0 spiro atoms. The first-order valence-corrected chi connectivity index (χ1v) is 6.35. The van der Waals surface area contributed by atoms with E-state index in [1.54, 1.807) is 7.11 Å². The molecule has 0 saturated carbocycles. The molecule has 3 rings (SSSR count). The molecule has 2 N–H and O–H groups in total. The first-order chi connectivity index (χ1) is 8.79. The van der Waals surface area contributed by atoms with Crippen molar-refractivity contribution in [2.24, 2.45) is 0 Å². The lowest BCUT2D eigenvalue weighted by Crippen LogP contribution is -2.19. The molecule has 0 bridgehead atoms. The fourth-order valence-corrected chi connectivity index (χ4v) is 2.63. The quantitative estimate of drug-likeness (QED) is 0.849. The average Bonchev–Trinajstić information content (AvgIpc) is 2.82. The summed E-state index contributed by atoms with van der Waals surface area (Å²) in [5.41, 5.74) is 5.06. The Labute approximate surface area is 107 Å². The molecule has 0 atom stereocenters. The fourth-order valence-electron chi connectivity index (χ4n) is 2.63. The van der Waals surface area contributed by atoms with Crippen molar-refractivity contribution in [2.75, 3.05) is 20.2 Å². The Hall–Kier alpha value is -1.74. The predicted molar refractivity (Wildman–Crippen MR) is 75.1 cm³/mol. The van der Waals surface area contributed by atoms with Gasteiger partial charge >= 0.3 is 0 Å². The van der Waals surface area contributed by atoms with Gasteiger partial charge in [0.25, 0.3) is 0 Å². The molecule has 3 nitrogen and oxygen atoms in total. The van der Waals surface area contributed by atoms with Crippen molar-refractivity contribution >= 4 is 16.5 Å². The van der Waals surface area contributed by atoms with Gasteiger partial charge < -0.3 is 15.0 Å². The Balaban J connectivity index is 2.19. The number of ether oxygens (including phenoxy) is 1. The van der Waals surface area contributed by atoms with E-state index in [9.17, 15) is 0 Å². The molecule has 2 aromatic rings. The monoisotopic (exact) mass is 242 g/mol. The van der Waals surface area contributed by atoms with Crippen LogP contribution in [0.1, 0.15) is 17.5 Å². The van der Waals surface area contributed by atoms with Gasteiger partial charge in [-0.05, 0) is 43.2 Å². The van der Waals surface area contributed by atoms with Crippen LogP contribution in [0, 0.1) is 6.92 Å². The van der Waals surface area contributed by atoms with Crippen LogP contribution in [-0.4, -0.2) is 25.2 Å². The number of H-pyrrole nitrogens is 1. The van der Waals surface area contributed by atoms with E-state index in [1.165, 1.54) is 22.1 Å². The maximum Gasteiger partial charge on any atom is 0.143 e. The Kier molecular flexibility index (Phi) is 2.84. The van der Waals surface area contributed by atoms with Gasteiger partial charge in [-0.1, -0.05) is 6.08 Å². The van der Waals surface area contributed by atoms with Gasteiger partial charge in [-0.3, -0.25) is 0 Å². The Morgan fingerprint density at radius 1 is 1.28 bits per heavy atom.